The van der Waals surface area contributed by atoms with Crippen LogP contribution in [0.5, 0.6) is 0 Å². The van der Waals surface area contributed by atoms with Gasteiger partial charge in [-0.1, -0.05) is 53.5 Å². The van der Waals surface area contributed by atoms with Crippen LogP contribution >= 0.6 is 7.82 Å². The van der Waals surface area contributed by atoms with Crippen molar-refractivity contribution in [1.29, 1.82) is 0 Å². The van der Waals surface area contributed by atoms with Crippen molar-refractivity contribution in [2.45, 2.75) is 99.3 Å². The summed E-state index contributed by atoms with van der Waals surface area (Å²) in [5.74, 6) is 0.390. The summed E-state index contributed by atoms with van der Waals surface area (Å²) in [4.78, 5) is 17.4. The normalized spacial score (nSPS) is 14.7. The molecule has 0 spiro atoms. The molecule has 0 aliphatic rings. The molecule has 0 radical (unpaired) electrons. The van der Waals surface area contributed by atoms with Crippen molar-refractivity contribution in [2.75, 3.05) is 6.61 Å². The Balaban J connectivity index is 4.00. The summed E-state index contributed by atoms with van der Waals surface area (Å²) in [5, 5.41) is 0. The fourth-order valence-corrected chi connectivity index (χ4v) is 3.46. The second kappa shape index (κ2) is 16.7. The first-order valence-electron chi connectivity index (χ1n) is 11.3. The third kappa shape index (κ3) is 20.3. The van der Waals surface area contributed by atoms with E-state index in [9.17, 15) is 4.57 Å². The number of hydrogen-bond donors (Lipinski definition) is 2. The Labute approximate surface area is 185 Å². The van der Waals surface area contributed by atoms with Gasteiger partial charge in [0.05, 0.1) is 6.61 Å². The molecule has 0 aliphatic carbocycles. The minimum absolute atomic E-state index is 0.113. The van der Waals surface area contributed by atoms with Crippen LogP contribution in [0.1, 0.15) is 99.3 Å². The zero-order chi connectivity index (χ0) is 23.0. The van der Waals surface area contributed by atoms with Crippen LogP contribution in [0.15, 0.2) is 46.6 Å². The minimum atomic E-state index is -4.33. The largest absolute Gasteiger partial charge is 0.469 e. The van der Waals surface area contributed by atoms with Crippen molar-refractivity contribution in [3.8, 4) is 0 Å². The standard InChI is InChI=1S/C25H45O4P/c1-21(2)11-7-12-22(3)13-8-14-23(4)15-9-16-24(5)17-10-18-25(6)19-20-29-30(26,27)28/h11,13,15,17,25H,7-10,12,14,16,18-20H2,1-6H3,(H2,26,27,28)/b22-13-,23-15-,24-17-/t25-/m1/s1. The molecule has 0 rings (SSSR count). The monoisotopic (exact) mass is 440 g/mol. The highest BCUT2D eigenvalue weighted by atomic mass is 31.2. The predicted octanol–water partition coefficient (Wildman–Crippen LogP) is 8.05. The van der Waals surface area contributed by atoms with Gasteiger partial charge >= 0.3 is 7.82 Å². The van der Waals surface area contributed by atoms with E-state index in [2.05, 4.69) is 70.4 Å². The van der Waals surface area contributed by atoms with Crippen molar-refractivity contribution < 1.29 is 18.9 Å². The van der Waals surface area contributed by atoms with Gasteiger partial charge in [-0.3, -0.25) is 4.52 Å². The molecule has 4 nitrogen and oxygen atoms in total. The van der Waals surface area contributed by atoms with Gasteiger partial charge in [0.1, 0.15) is 0 Å². The van der Waals surface area contributed by atoms with Gasteiger partial charge in [0, 0.05) is 0 Å². The summed E-state index contributed by atoms with van der Waals surface area (Å²) in [6, 6.07) is 0. The van der Waals surface area contributed by atoms with Crippen LogP contribution in [-0.2, 0) is 9.09 Å². The molecule has 0 unspecified atom stereocenters. The second-order valence-corrected chi connectivity index (χ2v) is 10.1. The number of allylic oxidation sites excluding steroid dienone is 8. The van der Waals surface area contributed by atoms with Gasteiger partial charge in [-0.15, -0.1) is 0 Å². The van der Waals surface area contributed by atoms with Gasteiger partial charge in [-0.2, -0.15) is 0 Å². The fraction of sp³-hybridized carbons (Fsp3) is 0.680. The Morgan fingerprint density at radius 3 is 1.63 bits per heavy atom. The Bertz CT molecular complexity index is 634. The lowest BCUT2D eigenvalue weighted by Crippen LogP contribution is -2.00. The number of phosphoric ester groups is 1. The molecule has 0 aromatic heterocycles. The van der Waals surface area contributed by atoms with Gasteiger partial charge in [0.2, 0.25) is 0 Å². The zero-order valence-corrected chi connectivity index (χ0v) is 21.0. The maximum atomic E-state index is 10.7. The molecular formula is C25H45O4P. The molecule has 30 heavy (non-hydrogen) atoms. The van der Waals surface area contributed by atoms with Crippen LogP contribution in [0.4, 0.5) is 0 Å². The molecule has 0 saturated heterocycles. The van der Waals surface area contributed by atoms with E-state index in [4.69, 9.17) is 9.79 Å². The summed E-state index contributed by atoms with van der Waals surface area (Å²) in [7, 11) is -4.33. The van der Waals surface area contributed by atoms with Gasteiger partial charge in [-0.05, 0) is 98.3 Å². The quantitative estimate of drug-likeness (QED) is 0.188. The maximum absolute atomic E-state index is 10.7. The lowest BCUT2D eigenvalue weighted by Gasteiger charge is -2.11. The van der Waals surface area contributed by atoms with Gasteiger partial charge in [0.25, 0.3) is 0 Å². The van der Waals surface area contributed by atoms with Crippen molar-refractivity contribution in [1.82, 2.24) is 0 Å². The van der Waals surface area contributed by atoms with E-state index in [1.54, 1.807) is 0 Å². The zero-order valence-electron chi connectivity index (χ0n) is 20.1. The van der Waals surface area contributed by atoms with E-state index in [0.717, 1.165) is 51.4 Å². The molecule has 0 bridgehead atoms. The van der Waals surface area contributed by atoms with Gasteiger partial charge in [-0.25, -0.2) is 4.57 Å². The summed E-state index contributed by atoms with van der Waals surface area (Å²) in [6.45, 7) is 13.2. The first kappa shape index (κ1) is 29.1. The smallest absolute Gasteiger partial charge is 0.303 e. The SMILES string of the molecule is CC(C)=CCC/C(C)=C\CC/C(C)=C\CC/C(C)=C\CC[C@@H](C)CCOP(=O)(O)O. The Morgan fingerprint density at radius 1 is 0.767 bits per heavy atom. The minimum Gasteiger partial charge on any atom is -0.303 e. The molecule has 0 amide bonds. The van der Waals surface area contributed by atoms with E-state index < -0.39 is 7.82 Å². The molecule has 0 heterocycles. The molecule has 0 aromatic rings. The molecule has 0 aliphatic heterocycles. The highest BCUT2D eigenvalue weighted by Crippen LogP contribution is 2.36. The molecule has 174 valence electrons. The highest BCUT2D eigenvalue weighted by Gasteiger charge is 2.13. The van der Waals surface area contributed by atoms with Crippen LogP contribution in [0.2, 0.25) is 0 Å². The lowest BCUT2D eigenvalue weighted by atomic mass is 10.0. The number of rotatable bonds is 16. The lowest BCUT2D eigenvalue weighted by molar-refractivity contribution is 0.185. The van der Waals surface area contributed by atoms with Crippen molar-refractivity contribution in [3.63, 3.8) is 0 Å². The molecule has 0 fully saturated rings. The summed E-state index contributed by atoms with van der Waals surface area (Å²) >= 11 is 0. The third-order valence-corrected chi connectivity index (χ3v) is 5.70. The van der Waals surface area contributed by atoms with Crippen LogP contribution in [0.25, 0.3) is 0 Å². The summed E-state index contributed by atoms with van der Waals surface area (Å²) < 4.78 is 15.2. The van der Waals surface area contributed by atoms with Crippen LogP contribution in [0.3, 0.4) is 0 Å². The average molecular weight is 441 g/mol. The maximum Gasteiger partial charge on any atom is 0.469 e. The third-order valence-electron chi connectivity index (χ3n) is 5.18. The Hall–Kier alpha value is -0.930. The first-order valence-corrected chi connectivity index (χ1v) is 12.8. The summed E-state index contributed by atoms with van der Waals surface area (Å²) in [6.07, 6.45) is 18.8. The second-order valence-electron chi connectivity index (χ2n) is 8.84. The number of hydrogen-bond acceptors (Lipinski definition) is 2. The van der Waals surface area contributed by atoms with Crippen molar-refractivity contribution >= 4 is 7.82 Å². The van der Waals surface area contributed by atoms with Gasteiger partial charge in [0.15, 0.2) is 0 Å². The van der Waals surface area contributed by atoms with Crippen LogP contribution < -0.4 is 0 Å². The van der Waals surface area contributed by atoms with Crippen LogP contribution in [0, 0.1) is 5.92 Å². The molecule has 5 heteroatoms. The van der Waals surface area contributed by atoms with E-state index in [-0.39, 0.29) is 6.61 Å². The predicted molar refractivity (Wildman–Crippen MR) is 129 cm³/mol. The van der Waals surface area contributed by atoms with Crippen LogP contribution in [-0.4, -0.2) is 16.4 Å². The van der Waals surface area contributed by atoms with E-state index in [1.807, 2.05) is 0 Å². The molecule has 0 saturated carbocycles. The van der Waals surface area contributed by atoms with E-state index in [1.165, 1.54) is 22.3 Å². The fourth-order valence-electron chi connectivity index (χ4n) is 3.12. The summed E-state index contributed by atoms with van der Waals surface area (Å²) in [5.41, 5.74) is 5.76. The highest BCUT2D eigenvalue weighted by molar-refractivity contribution is 7.46. The van der Waals surface area contributed by atoms with Crippen molar-refractivity contribution in [3.05, 3.63) is 46.6 Å². The number of phosphoric acid groups is 1. The molecule has 0 aromatic carbocycles. The average Bonchev–Trinajstić information content (AvgIpc) is 2.60. The van der Waals surface area contributed by atoms with Gasteiger partial charge < -0.3 is 9.79 Å². The van der Waals surface area contributed by atoms with Crippen molar-refractivity contribution in [2.24, 2.45) is 5.92 Å². The van der Waals surface area contributed by atoms with E-state index >= 15 is 0 Å². The molecule has 2 N–H and O–H groups in total. The molecule has 1 atom stereocenters. The molecular weight excluding hydrogens is 395 g/mol. The van der Waals surface area contributed by atoms with E-state index in [0.29, 0.717) is 12.3 Å². The topological polar surface area (TPSA) is 66.8 Å². The first-order chi connectivity index (χ1) is 14.0. The Morgan fingerprint density at radius 2 is 1.20 bits per heavy atom. The Kier molecular flexibility index (Phi) is 16.2.